The predicted octanol–water partition coefficient (Wildman–Crippen LogP) is 4.94. The molecule has 1 aromatic heterocycles. The zero-order valence-electron chi connectivity index (χ0n) is 18.2. The van der Waals surface area contributed by atoms with Gasteiger partial charge in [-0.1, -0.05) is 48.3 Å². The van der Waals surface area contributed by atoms with Crippen LogP contribution in [-0.4, -0.2) is 29.2 Å². The van der Waals surface area contributed by atoms with Crippen molar-refractivity contribution < 1.29 is 9.53 Å². The normalized spacial score (nSPS) is 12.1. The molecule has 8 heteroatoms. The van der Waals surface area contributed by atoms with Gasteiger partial charge in [0, 0.05) is 23.0 Å². The SMILES string of the molecule is CCC(NCCc1ccc(Cl)cc1Cl)c1nc2ccccc2c(=O)n1CCCC(=O)OC. The molecule has 32 heavy (non-hydrogen) atoms. The Morgan fingerprint density at radius 2 is 2.00 bits per heavy atom. The van der Waals surface area contributed by atoms with Crippen LogP contribution in [-0.2, 0) is 22.5 Å². The van der Waals surface area contributed by atoms with Crippen LogP contribution in [0.2, 0.25) is 10.0 Å². The number of hydrogen-bond acceptors (Lipinski definition) is 5. The lowest BCUT2D eigenvalue weighted by Crippen LogP contribution is -2.33. The number of ether oxygens (including phenoxy) is 1. The molecule has 0 spiro atoms. The van der Waals surface area contributed by atoms with Gasteiger partial charge in [-0.2, -0.15) is 0 Å². The lowest BCUT2D eigenvalue weighted by molar-refractivity contribution is -0.140. The zero-order chi connectivity index (χ0) is 23.1. The van der Waals surface area contributed by atoms with Crippen molar-refractivity contribution >= 4 is 40.1 Å². The molecule has 0 saturated heterocycles. The monoisotopic (exact) mass is 475 g/mol. The first-order valence-electron chi connectivity index (χ1n) is 10.7. The fraction of sp³-hybridized carbons (Fsp3) is 0.375. The minimum absolute atomic E-state index is 0.100. The van der Waals surface area contributed by atoms with Crippen LogP contribution < -0.4 is 10.9 Å². The number of hydrogen-bond donors (Lipinski definition) is 1. The Labute approximate surface area is 197 Å². The molecule has 6 nitrogen and oxygen atoms in total. The summed E-state index contributed by atoms with van der Waals surface area (Å²) in [5.74, 6) is 0.377. The molecule has 0 radical (unpaired) electrons. The molecule has 0 aliphatic carbocycles. The third-order valence-electron chi connectivity index (χ3n) is 5.40. The summed E-state index contributed by atoms with van der Waals surface area (Å²) in [6.45, 7) is 3.10. The van der Waals surface area contributed by atoms with Crippen LogP contribution in [0, 0.1) is 0 Å². The molecular weight excluding hydrogens is 449 g/mol. The van der Waals surface area contributed by atoms with Crippen molar-refractivity contribution in [3.05, 3.63) is 74.3 Å². The van der Waals surface area contributed by atoms with Crippen molar-refractivity contribution in [3.8, 4) is 0 Å². The van der Waals surface area contributed by atoms with E-state index in [4.69, 9.17) is 32.9 Å². The van der Waals surface area contributed by atoms with Gasteiger partial charge in [-0.15, -0.1) is 0 Å². The molecule has 3 rings (SSSR count). The number of carbonyl (C=O) groups is 1. The van der Waals surface area contributed by atoms with Gasteiger partial charge in [-0.25, -0.2) is 4.98 Å². The van der Waals surface area contributed by atoms with E-state index >= 15 is 0 Å². The summed E-state index contributed by atoms with van der Waals surface area (Å²) < 4.78 is 6.41. The Morgan fingerprint density at radius 3 is 2.72 bits per heavy atom. The Kier molecular flexibility index (Phi) is 8.67. The van der Waals surface area contributed by atoms with Crippen molar-refractivity contribution in [2.24, 2.45) is 0 Å². The number of carbonyl (C=O) groups excluding carboxylic acids is 1. The van der Waals surface area contributed by atoms with E-state index in [1.165, 1.54) is 7.11 Å². The highest BCUT2D eigenvalue weighted by Crippen LogP contribution is 2.22. The van der Waals surface area contributed by atoms with E-state index in [0.29, 0.717) is 52.7 Å². The molecule has 1 unspecified atom stereocenters. The molecule has 0 saturated carbocycles. The van der Waals surface area contributed by atoms with Crippen molar-refractivity contribution in [1.82, 2.24) is 14.9 Å². The van der Waals surface area contributed by atoms with Crippen LogP contribution in [0.4, 0.5) is 0 Å². The van der Waals surface area contributed by atoms with E-state index in [1.807, 2.05) is 37.3 Å². The molecule has 0 fully saturated rings. The fourth-order valence-electron chi connectivity index (χ4n) is 3.67. The van der Waals surface area contributed by atoms with Crippen molar-refractivity contribution in [1.29, 1.82) is 0 Å². The number of para-hydroxylation sites is 1. The third-order valence-corrected chi connectivity index (χ3v) is 5.99. The molecule has 3 aromatic rings. The topological polar surface area (TPSA) is 73.2 Å². The van der Waals surface area contributed by atoms with Gasteiger partial charge >= 0.3 is 5.97 Å². The first-order valence-corrected chi connectivity index (χ1v) is 11.4. The summed E-state index contributed by atoms with van der Waals surface area (Å²) in [5.41, 5.74) is 1.56. The molecule has 0 aliphatic heterocycles. The molecule has 1 atom stereocenters. The van der Waals surface area contributed by atoms with Gasteiger partial charge in [0.1, 0.15) is 5.82 Å². The number of nitrogens with one attached hydrogen (secondary N) is 1. The van der Waals surface area contributed by atoms with E-state index in [9.17, 15) is 9.59 Å². The molecule has 1 heterocycles. The number of methoxy groups -OCH3 is 1. The van der Waals surface area contributed by atoms with E-state index < -0.39 is 0 Å². The highest BCUT2D eigenvalue weighted by atomic mass is 35.5. The van der Waals surface area contributed by atoms with Gasteiger partial charge in [0.05, 0.1) is 24.1 Å². The van der Waals surface area contributed by atoms with Gasteiger partial charge in [0.15, 0.2) is 0 Å². The second kappa shape index (κ2) is 11.5. The van der Waals surface area contributed by atoms with E-state index in [1.54, 1.807) is 16.7 Å². The summed E-state index contributed by atoms with van der Waals surface area (Å²) in [6, 6.07) is 12.7. The lowest BCUT2D eigenvalue weighted by atomic mass is 10.1. The Hall–Kier alpha value is -2.41. The summed E-state index contributed by atoms with van der Waals surface area (Å²) >= 11 is 12.3. The maximum atomic E-state index is 13.2. The first-order chi connectivity index (χ1) is 15.4. The van der Waals surface area contributed by atoms with E-state index in [-0.39, 0.29) is 24.0 Å². The highest BCUT2D eigenvalue weighted by molar-refractivity contribution is 6.35. The molecule has 170 valence electrons. The Bertz CT molecular complexity index is 1150. The average Bonchev–Trinajstić information content (AvgIpc) is 2.79. The summed E-state index contributed by atoms with van der Waals surface area (Å²) in [5, 5.41) is 5.32. The fourth-order valence-corrected chi connectivity index (χ4v) is 4.18. The molecule has 0 aliphatic rings. The highest BCUT2D eigenvalue weighted by Gasteiger charge is 2.19. The largest absolute Gasteiger partial charge is 0.469 e. The number of aromatic nitrogens is 2. The Balaban J connectivity index is 1.84. The summed E-state index contributed by atoms with van der Waals surface area (Å²) in [7, 11) is 1.36. The predicted molar refractivity (Wildman–Crippen MR) is 128 cm³/mol. The first kappa shape index (κ1) is 24.2. The second-order valence-corrected chi connectivity index (χ2v) is 8.37. The molecule has 0 amide bonds. The van der Waals surface area contributed by atoms with Crippen molar-refractivity contribution in [2.45, 2.75) is 45.2 Å². The standard InChI is InChI=1S/C24H27Cl2N3O3/c1-3-20(27-13-12-16-10-11-17(25)15-19(16)26)23-28-21-8-5-4-7-18(21)24(31)29(23)14-6-9-22(30)32-2/h4-5,7-8,10-11,15,20,27H,3,6,9,12-14H2,1-2H3. The number of fused-ring (bicyclic) bond motifs is 1. The number of nitrogens with zero attached hydrogens (tertiary/aromatic N) is 2. The maximum absolute atomic E-state index is 13.2. The van der Waals surface area contributed by atoms with Gasteiger partial charge in [0.2, 0.25) is 0 Å². The summed E-state index contributed by atoms with van der Waals surface area (Å²) in [4.78, 5) is 29.6. The molecule has 1 N–H and O–H groups in total. The lowest BCUT2D eigenvalue weighted by Gasteiger charge is -2.22. The van der Waals surface area contributed by atoms with Gasteiger partial charge < -0.3 is 10.1 Å². The van der Waals surface area contributed by atoms with Gasteiger partial charge in [-0.05, 0) is 55.6 Å². The smallest absolute Gasteiger partial charge is 0.305 e. The van der Waals surface area contributed by atoms with Crippen molar-refractivity contribution in [2.75, 3.05) is 13.7 Å². The third kappa shape index (κ3) is 5.88. The van der Waals surface area contributed by atoms with Crippen LogP contribution >= 0.6 is 23.2 Å². The molecule has 2 aromatic carbocycles. The number of rotatable bonds is 10. The maximum Gasteiger partial charge on any atom is 0.305 e. The summed E-state index contributed by atoms with van der Waals surface area (Å²) in [6.07, 6.45) is 2.20. The van der Waals surface area contributed by atoms with Crippen LogP contribution in [0.3, 0.4) is 0 Å². The van der Waals surface area contributed by atoms with E-state index in [2.05, 4.69) is 5.32 Å². The van der Waals surface area contributed by atoms with Crippen LogP contribution in [0.5, 0.6) is 0 Å². The minimum Gasteiger partial charge on any atom is -0.469 e. The van der Waals surface area contributed by atoms with Gasteiger partial charge in [0.25, 0.3) is 5.56 Å². The van der Waals surface area contributed by atoms with Gasteiger partial charge in [-0.3, -0.25) is 14.2 Å². The molecule has 0 bridgehead atoms. The average molecular weight is 476 g/mol. The van der Waals surface area contributed by atoms with Crippen LogP contribution in [0.25, 0.3) is 10.9 Å². The molecular formula is C24H27Cl2N3O3. The number of benzene rings is 2. The quantitative estimate of drug-likeness (QED) is 0.420. The van der Waals surface area contributed by atoms with Crippen molar-refractivity contribution in [3.63, 3.8) is 0 Å². The second-order valence-electron chi connectivity index (χ2n) is 7.52. The number of halogens is 2. The minimum atomic E-state index is -0.293. The van der Waals surface area contributed by atoms with Crippen LogP contribution in [0.15, 0.2) is 47.3 Å². The van der Waals surface area contributed by atoms with Crippen LogP contribution in [0.1, 0.15) is 43.6 Å². The number of esters is 1. The van der Waals surface area contributed by atoms with E-state index in [0.717, 1.165) is 12.0 Å². The Morgan fingerprint density at radius 1 is 1.22 bits per heavy atom. The zero-order valence-corrected chi connectivity index (χ0v) is 19.7.